The van der Waals surface area contributed by atoms with Crippen LogP contribution in [0.4, 0.5) is 4.39 Å². The van der Waals surface area contributed by atoms with Crippen LogP contribution in [-0.2, 0) is 0 Å². The summed E-state index contributed by atoms with van der Waals surface area (Å²) in [5.41, 5.74) is 0.955. The number of nitrogens with zero attached hydrogens (tertiary/aromatic N) is 2. The number of aromatic nitrogens is 2. The molecular weight excluding hydrogens is 307 g/mol. The average molecular weight is 319 g/mol. The molecule has 0 bridgehead atoms. The van der Waals surface area contributed by atoms with Crippen molar-refractivity contribution in [3.63, 3.8) is 0 Å². The fourth-order valence-electron chi connectivity index (χ4n) is 2.20. The molecule has 5 nitrogen and oxygen atoms in total. The van der Waals surface area contributed by atoms with Gasteiger partial charge in [-0.15, -0.1) is 0 Å². The van der Waals surface area contributed by atoms with Crippen LogP contribution in [-0.4, -0.2) is 21.7 Å². The summed E-state index contributed by atoms with van der Waals surface area (Å²) in [4.78, 5) is 19.9. The zero-order chi connectivity index (χ0) is 15.7. The Bertz CT molecular complexity index is 761. The molecule has 0 spiro atoms. The third-order valence-corrected chi connectivity index (χ3v) is 3.63. The van der Waals surface area contributed by atoms with Crippen molar-refractivity contribution < 1.29 is 9.18 Å². The second kappa shape index (κ2) is 5.81. The van der Waals surface area contributed by atoms with Gasteiger partial charge in [-0.3, -0.25) is 15.2 Å². The summed E-state index contributed by atoms with van der Waals surface area (Å²) in [5.74, 6) is -1.32. The molecule has 2 heterocycles. The smallest absolute Gasteiger partial charge is 0.260 e. The largest absolute Gasteiger partial charge is 0.306 e. The fraction of sp³-hybridized carbons (Fsp3) is 0.200. The van der Waals surface area contributed by atoms with Crippen LogP contribution >= 0.6 is 11.6 Å². The van der Waals surface area contributed by atoms with Crippen LogP contribution in [0.25, 0.3) is 0 Å². The number of carbonyl (C=O) groups is 1. The maximum absolute atomic E-state index is 14.0. The molecule has 112 valence electrons. The Morgan fingerprint density at radius 2 is 2.18 bits per heavy atom. The summed E-state index contributed by atoms with van der Waals surface area (Å²) in [6.45, 7) is 0. The molecule has 0 radical (unpaired) electrons. The highest BCUT2D eigenvalue weighted by molar-refractivity contribution is 6.29. The Hall–Kier alpha value is -2.34. The van der Waals surface area contributed by atoms with E-state index >= 15 is 0 Å². The molecule has 22 heavy (non-hydrogen) atoms. The van der Waals surface area contributed by atoms with Crippen LogP contribution in [0.2, 0.25) is 5.15 Å². The third-order valence-electron chi connectivity index (χ3n) is 3.43. The number of hydrogen-bond donors (Lipinski definition) is 2. The number of amidine groups is 1. The second-order valence-corrected chi connectivity index (χ2v) is 5.44. The van der Waals surface area contributed by atoms with E-state index in [9.17, 15) is 9.18 Å². The van der Waals surface area contributed by atoms with Gasteiger partial charge in [-0.05, 0) is 36.5 Å². The standard InChI is InChI=1S/C15H12ClFN4O/c16-12-5-9(3-4-20-12)14(18)21-15(22)13-10(8-1-2-8)6-19-7-11(13)17/h3-8H,1-2H2,(H2,18,21,22). The Labute approximate surface area is 131 Å². The van der Waals surface area contributed by atoms with Gasteiger partial charge in [0.2, 0.25) is 0 Å². The molecule has 0 aliphatic heterocycles. The zero-order valence-electron chi connectivity index (χ0n) is 11.4. The van der Waals surface area contributed by atoms with Crippen molar-refractivity contribution in [2.24, 2.45) is 0 Å². The Morgan fingerprint density at radius 1 is 1.41 bits per heavy atom. The molecule has 0 aromatic carbocycles. The summed E-state index contributed by atoms with van der Waals surface area (Å²) in [5, 5.41) is 10.5. The molecule has 0 atom stereocenters. The Kier molecular flexibility index (Phi) is 3.85. The van der Waals surface area contributed by atoms with Crippen molar-refractivity contribution in [1.29, 1.82) is 5.41 Å². The van der Waals surface area contributed by atoms with Gasteiger partial charge in [0.1, 0.15) is 11.0 Å². The van der Waals surface area contributed by atoms with E-state index in [0.29, 0.717) is 11.1 Å². The van der Waals surface area contributed by atoms with Gasteiger partial charge in [-0.1, -0.05) is 11.6 Å². The van der Waals surface area contributed by atoms with E-state index in [1.165, 1.54) is 18.5 Å². The lowest BCUT2D eigenvalue weighted by Gasteiger charge is -2.11. The number of halogens is 2. The number of amides is 1. The first-order valence-electron chi connectivity index (χ1n) is 6.71. The van der Waals surface area contributed by atoms with Gasteiger partial charge < -0.3 is 5.32 Å². The SMILES string of the molecule is N=C(NC(=O)c1c(F)cncc1C1CC1)c1ccnc(Cl)c1. The average Bonchev–Trinajstić information content (AvgIpc) is 3.31. The summed E-state index contributed by atoms with van der Waals surface area (Å²) in [6.07, 6.45) is 5.79. The predicted molar refractivity (Wildman–Crippen MR) is 79.7 cm³/mol. The zero-order valence-corrected chi connectivity index (χ0v) is 12.2. The first-order valence-corrected chi connectivity index (χ1v) is 7.09. The molecule has 2 aromatic rings. The van der Waals surface area contributed by atoms with Crippen molar-refractivity contribution in [3.8, 4) is 0 Å². The van der Waals surface area contributed by atoms with Crippen molar-refractivity contribution in [2.75, 3.05) is 0 Å². The highest BCUT2D eigenvalue weighted by Crippen LogP contribution is 2.41. The van der Waals surface area contributed by atoms with E-state index in [-0.39, 0.29) is 22.5 Å². The van der Waals surface area contributed by atoms with Gasteiger partial charge in [0.25, 0.3) is 5.91 Å². The predicted octanol–water partition coefficient (Wildman–Crippen LogP) is 2.90. The molecule has 1 amide bonds. The molecule has 0 saturated heterocycles. The van der Waals surface area contributed by atoms with E-state index in [2.05, 4.69) is 15.3 Å². The fourth-order valence-corrected chi connectivity index (χ4v) is 2.37. The molecule has 7 heteroatoms. The summed E-state index contributed by atoms with van der Waals surface area (Å²) in [6, 6.07) is 2.99. The monoisotopic (exact) mass is 318 g/mol. The Morgan fingerprint density at radius 3 is 2.86 bits per heavy atom. The minimum absolute atomic E-state index is 0.0394. The first-order chi connectivity index (χ1) is 10.6. The summed E-state index contributed by atoms with van der Waals surface area (Å²) in [7, 11) is 0. The lowest BCUT2D eigenvalue weighted by Crippen LogP contribution is -2.32. The molecule has 0 unspecified atom stereocenters. The topological polar surface area (TPSA) is 78.7 Å². The highest BCUT2D eigenvalue weighted by Gasteiger charge is 2.30. The van der Waals surface area contributed by atoms with Crippen molar-refractivity contribution in [2.45, 2.75) is 18.8 Å². The molecular formula is C15H12ClFN4O. The molecule has 1 saturated carbocycles. The van der Waals surface area contributed by atoms with E-state index in [4.69, 9.17) is 17.0 Å². The molecule has 2 N–H and O–H groups in total. The Balaban J connectivity index is 1.85. The minimum atomic E-state index is -0.678. The van der Waals surface area contributed by atoms with E-state index in [1.807, 2.05) is 0 Å². The normalized spacial score (nSPS) is 13.7. The van der Waals surface area contributed by atoms with E-state index in [1.54, 1.807) is 6.07 Å². The van der Waals surface area contributed by atoms with Gasteiger partial charge in [0, 0.05) is 18.0 Å². The number of rotatable bonds is 3. The summed E-state index contributed by atoms with van der Waals surface area (Å²) >= 11 is 5.75. The number of carbonyl (C=O) groups excluding carboxylic acids is 1. The highest BCUT2D eigenvalue weighted by atomic mass is 35.5. The molecule has 1 aliphatic rings. The maximum atomic E-state index is 14.0. The van der Waals surface area contributed by atoms with Gasteiger partial charge in [0.15, 0.2) is 5.82 Å². The van der Waals surface area contributed by atoms with Crippen LogP contribution in [0, 0.1) is 11.2 Å². The second-order valence-electron chi connectivity index (χ2n) is 5.06. The van der Waals surface area contributed by atoms with Crippen LogP contribution in [0.5, 0.6) is 0 Å². The molecule has 2 aromatic heterocycles. The molecule has 1 fully saturated rings. The van der Waals surface area contributed by atoms with Gasteiger partial charge in [-0.25, -0.2) is 9.37 Å². The van der Waals surface area contributed by atoms with E-state index < -0.39 is 11.7 Å². The van der Waals surface area contributed by atoms with Crippen LogP contribution in [0.3, 0.4) is 0 Å². The van der Waals surface area contributed by atoms with Gasteiger partial charge >= 0.3 is 0 Å². The quantitative estimate of drug-likeness (QED) is 0.519. The van der Waals surface area contributed by atoms with Crippen LogP contribution in [0.1, 0.15) is 40.2 Å². The maximum Gasteiger partial charge on any atom is 0.260 e. The van der Waals surface area contributed by atoms with Crippen molar-refractivity contribution >= 4 is 23.3 Å². The van der Waals surface area contributed by atoms with Gasteiger partial charge in [-0.2, -0.15) is 0 Å². The third kappa shape index (κ3) is 2.96. The van der Waals surface area contributed by atoms with Crippen molar-refractivity contribution in [1.82, 2.24) is 15.3 Å². The van der Waals surface area contributed by atoms with Crippen LogP contribution < -0.4 is 5.32 Å². The summed E-state index contributed by atoms with van der Waals surface area (Å²) < 4.78 is 14.0. The lowest BCUT2D eigenvalue weighted by atomic mass is 10.0. The lowest BCUT2D eigenvalue weighted by molar-refractivity contribution is 0.0972. The molecule has 3 rings (SSSR count). The molecule has 1 aliphatic carbocycles. The van der Waals surface area contributed by atoms with E-state index in [0.717, 1.165) is 19.0 Å². The van der Waals surface area contributed by atoms with Gasteiger partial charge in [0.05, 0.1) is 11.8 Å². The number of nitrogens with one attached hydrogen (secondary N) is 2. The number of hydrogen-bond acceptors (Lipinski definition) is 4. The minimum Gasteiger partial charge on any atom is -0.306 e. The number of pyridine rings is 2. The van der Waals surface area contributed by atoms with Crippen molar-refractivity contribution in [3.05, 3.63) is 58.4 Å². The first kappa shape index (κ1) is 14.6. The van der Waals surface area contributed by atoms with Crippen LogP contribution in [0.15, 0.2) is 30.7 Å².